The van der Waals surface area contributed by atoms with Crippen molar-refractivity contribution < 1.29 is 27.6 Å². The molecule has 1 amide bonds. The Morgan fingerprint density at radius 1 is 1.12 bits per heavy atom. The van der Waals surface area contributed by atoms with E-state index in [4.69, 9.17) is 14.0 Å². The van der Waals surface area contributed by atoms with Crippen molar-refractivity contribution in [2.75, 3.05) is 12.1 Å². The molecule has 2 heterocycles. The maximum atomic E-state index is 13.8. The Labute approximate surface area is 153 Å². The van der Waals surface area contributed by atoms with Gasteiger partial charge in [-0.15, -0.1) is 0 Å². The average Bonchev–Trinajstić information content (AvgIpc) is 3.26. The number of nitrogens with one attached hydrogen (secondary N) is 1. The van der Waals surface area contributed by atoms with Gasteiger partial charge in [-0.25, -0.2) is 8.78 Å². The number of benzene rings is 2. The summed E-state index contributed by atoms with van der Waals surface area (Å²) in [5, 5.41) is 6.02. The van der Waals surface area contributed by atoms with Crippen LogP contribution in [0.4, 0.5) is 14.5 Å². The molecule has 6 nitrogen and oxygen atoms in total. The first kappa shape index (κ1) is 16.5. The number of hydrogen-bond acceptors (Lipinski definition) is 5. The van der Waals surface area contributed by atoms with Gasteiger partial charge in [-0.05, 0) is 40.2 Å². The zero-order valence-corrected chi connectivity index (χ0v) is 14.5. The molecule has 0 fully saturated rings. The summed E-state index contributed by atoms with van der Waals surface area (Å²) < 4.78 is 42.7. The van der Waals surface area contributed by atoms with E-state index in [9.17, 15) is 13.6 Å². The number of fused-ring (bicyclic) bond motifs is 1. The third-order valence-electron chi connectivity index (χ3n) is 3.65. The third kappa shape index (κ3) is 3.01. The molecule has 0 unspecified atom stereocenters. The van der Waals surface area contributed by atoms with Crippen LogP contribution in [0.3, 0.4) is 0 Å². The van der Waals surface area contributed by atoms with Crippen molar-refractivity contribution in [1.82, 2.24) is 5.16 Å². The second-order valence-corrected chi connectivity index (χ2v) is 6.20. The largest absolute Gasteiger partial charge is 0.454 e. The van der Waals surface area contributed by atoms with Crippen molar-refractivity contribution in [3.8, 4) is 22.8 Å². The van der Waals surface area contributed by atoms with E-state index < -0.39 is 17.5 Å². The van der Waals surface area contributed by atoms with Gasteiger partial charge in [0.05, 0.1) is 5.69 Å². The first-order valence-electron chi connectivity index (χ1n) is 7.34. The lowest BCUT2D eigenvalue weighted by Gasteiger charge is -2.07. The normalized spacial score (nSPS) is 12.3. The van der Waals surface area contributed by atoms with Gasteiger partial charge in [0, 0.05) is 22.2 Å². The SMILES string of the molecule is O=C(Nc1c(F)cc(F)cc1Br)c1cc(-c2ccc3c(c2)OCO3)on1. The molecule has 0 bridgehead atoms. The molecular weight excluding hydrogens is 414 g/mol. The predicted octanol–water partition coefficient (Wildman–Crippen LogP) is 4.36. The molecule has 1 aromatic heterocycles. The second kappa shape index (κ2) is 6.41. The van der Waals surface area contributed by atoms with E-state index in [0.717, 1.165) is 6.07 Å². The van der Waals surface area contributed by atoms with Crippen LogP contribution in [0.15, 0.2) is 45.4 Å². The first-order valence-corrected chi connectivity index (χ1v) is 8.13. The van der Waals surface area contributed by atoms with Crippen molar-refractivity contribution in [3.05, 3.63) is 58.2 Å². The number of carbonyl (C=O) groups is 1. The van der Waals surface area contributed by atoms with Gasteiger partial charge in [0.2, 0.25) is 6.79 Å². The van der Waals surface area contributed by atoms with Crippen LogP contribution in [0.5, 0.6) is 11.5 Å². The second-order valence-electron chi connectivity index (χ2n) is 5.34. The molecule has 0 atom stereocenters. The number of anilines is 1. The van der Waals surface area contributed by atoms with E-state index in [0.29, 0.717) is 28.9 Å². The summed E-state index contributed by atoms with van der Waals surface area (Å²) in [7, 11) is 0. The molecule has 26 heavy (non-hydrogen) atoms. The molecule has 2 aromatic carbocycles. The molecule has 9 heteroatoms. The molecule has 0 saturated heterocycles. The number of amides is 1. The Morgan fingerprint density at radius 2 is 1.92 bits per heavy atom. The summed E-state index contributed by atoms with van der Waals surface area (Å²) >= 11 is 3.01. The van der Waals surface area contributed by atoms with Gasteiger partial charge < -0.3 is 19.3 Å². The van der Waals surface area contributed by atoms with Crippen LogP contribution in [-0.2, 0) is 0 Å². The Kier molecular flexibility index (Phi) is 4.08. The zero-order valence-electron chi connectivity index (χ0n) is 12.9. The lowest BCUT2D eigenvalue weighted by molar-refractivity contribution is 0.101. The fraction of sp³-hybridized carbons (Fsp3) is 0.0588. The highest BCUT2D eigenvalue weighted by Crippen LogP contribution is 2.36. The van der Waals surface area contributed by atoms with E-state index >= 15 is 0 Å². The highest BCUT2D eigenvalue weighted by atomic mass is 79.9. The quantitative estimate of drug-likeness (QED) is 0.678. The van der Waals surface area contributed by atoms with Crippen LogP contribution >= 0.6 is 15.9 Å². The standard InChI is InChI=1S/C17H9BrF2N2O4/c18-10-4-9(19)5-11(20)16(10)21-17(23)12-6-14(26-22-12)8-1-2-13-15(3-8)25-7-24-13/h1-6H,7H2,(H,21,23). The number of halogens is 3. The number of aromatic nitrogens is 1. The number of carbonyl (C=O) groups excluding carboxylic acids is 1. The Morgan fingerprint density at radius 3 is 2.73 bits per heavy atom. The maximum absolute atomic E-state index is 13.8. The molecule has 0 aliphatic carbocycles. The smallest absolute Gasteiger partial charge is 0.277 e. The summed E-state index contributed by atoms with van der Waals surface area (Å²) in [5.74, 6) is -0.882. The molecule has 0 saturated carbocycles. The van der Waals surface area contributed by atoms with Crippen molar-refractivity contribution in [2.45, 2.75) is 0 Å². The Balaban J connectivity index is 1.57. The molecule has 3 aromatic rings. The van der Waals surface area contributed by atoms with Gasteiger partial charge in [-0.3, -0.25) is 4.79 Å². The van der Waals surface area contributed by atoms with Crippen LogP contribution in [-0.4, -0.2) is 17.9 Å². The minimum absolute atomic E-state index is 0.0618. The molecule has 1 N–H and O–H groups in total. The van der Waals surface area contributed by atoms with Gasteiger partial charge in [-0.1, -0.05) is 5.16 Å². The van der Waals surface area contributed by atoms with E-state index in [1.807, 2.05) is 0 Å². The van der Waals surface area contributed by atoms with Crippen LogP contribution in [0.2, 0.25) is 0 Å². The molecule has 0 spiro atoms. The molecule has 1 aliphatic rings. The monoisotopic (exact) mass is 422 g/mol. The Hall–Kier alpha value is -2.94. The zero-order chi connectivity index (χ0) is 18.3. The van der Waals surface area contributed by atoms with Crippen molar-refractivity contribution in [3.63, 3.8) is 0 Å². The highest BCUT2D eigenvalue weighted by molar-refractivity contribution is 9.10. The molecule has 132 valence electrons. The molecular formula is C17H9BrF2N2O4. The topological polar surface area (TPSA) is 73.6 Å². The van der Waals surface area contributed by atoms with Crippen molar-refractivity contribution in [2.24, 2.45) is 0 Å². The third-order valence-corrected chi connectivity index (χ3v) is 4.27. The summed E-state index contributed by atoms with van der Waals surface area (Å²) in [5.41, 5.74) is 0.382. The fourth-order valence-corrected chi connectivity index (χ4v) is 2.91. The van der Waals surface area contributed by atoms with Crippen molar-refractivity contribution in [1.29, 1.82) is 0 Å². The van der Waals surface area contributed by atoms with Gasteiger partial charge in [0.15, 0.2) is 28.8 Å². The Bertz CT molecular complexity index is 999. The van der Waals surface area contributed by atoms with Crippen molar-refractivity contribution >= 4 is 27.5 Å². The minimum Gasteiger partial charge on any atom is -0.454 e. The summed E-state index contributed by atoms with van der Waals surface area (Å²) in [6.45, 7) is 0.140. The molecule has 4 rings (SSSR count). The maximum Gasteiger partial charge on any atom is 0.277 e. The van der Waals surface area contributed by atoms with E-state index in [-0.39, 0.29) is 22.6 Å². The molecule has 1 aliphatic heterocycles. The van der Waals surface area contributed by atoms with Gasteiger partial charge in [0.1, 0.15) is 5.82 Å². The van der Waals surface area contributed by atoms with E-state index in [1.54, 1.807) is 18.2 Å². The van der Waals surface area contributed by atoms with Crippen LogP contribution in [0.1, 0.15) is 10.5 Å². The fourth-order valence-electron chi connectivity index (χ4n) is 2.41. The van der Waals surface area contributed by atoms with Gasteiger partial charge in [-0.2, -0.15) is 0 Å². The van der Waals surface area contributed by atoms with Gasteiger partial charge >= 0.3 is 0 Å². The number of nitrogens with zero attached hydrogens (tertiary/aromatic N) is 1. The van der Waals surface area contributed by atoms with Crippen LogP contribution in [0.25, 0.3) is 11.3 Å². The first-order chi connectivity index (χ1) is 12.5. The van der Waals surface area contributed by atoms with Gasteiger partial charge in [0.25, 0.3) is 5.91 Å². The lowest BCUT2D eigenvalue weighted by atomic mass is 10.1. The number of ether oxygens (including phenoxy) is 2. The highest BCUT2D eigenvalue weighted by Gasteiger charge is 2.20. The number of hydrogen-bond donors (Lipinski definition) is 1. The van der Waals surface area contributed by atoms with Crippen LogP contribution in [0, 0.1) is 11.6 Å². The minimum atomic E-state index is -0.912. The van der Waals surface area contributed by atoms with E-state index in [1.165, 1.54) is 6.07 Å². The number of rotatable bonds is 3. The summed E-state index contributed by atoms with van der Waals surface area (Å²) in [4.78, 5) is 12.3. The van der Waals surface area contributed by atoms with E-state index in [2.05, 4.69) is 26.4 Å². The average molecular weight is 423 g/mol. The molecule has 0 radical (unpaired) electrons. The summed E-state index contributed by atoms with van der Waals surface area (Å²) in [6.07, 6.45) is 0. The van der Waals surface area contributed by atoms with Crippen LogP contribution < -0.4 is 14.8 Å². The lowest BCUT2D eigenvalue weighted by Crippen LogP contribution is -2.14. The predicted molar refractivity (Wildman–Crippen MR) is 90.1 cm³/mol. The summed E-state index contributed by atoms with van der Waals surface area (Å²) in [6, 6.07) is 8.25.